The molecule has 0 aliphatic carbocycles. The van der Waals surface area contributed by atoms with Crippen LogP contribution in [0.3, 0.4) is 0 Å². The molecule has 2 aromatic rings. The second kappa shape index (κ2) is 15.6. The first-order valence-corrected chi connectivity index (χ1v) is 20.0. The molecule has 0 unspecified atom stereocenters. The van der Waals surface area contributed by atoms with Gasteiger partial charge in [-0.05, 0) is 104 Å². The molecule has 0 aromatic heterocycles. The fourth-order valence-corrected chi connectivity index (χ4v) is 9.85. The van der Waals surface area contributed by atoms with E-state index in [-0.39, 0.29) is 23.5 Å². The van der Waals surface area contributed by atoms with Crippen molar-refractivity contribution >= 4 is 21.2 Å². The Bertz CT molecular complexity index is 1420. The number of sulfone groups is 1. The number of piperidine rings is 2. The van der Waals surface area contributed by atoms with Crippen molar-refractivity contribution in [2.45, 2.75) is 66.5 Å². The Morgan fingerprint density at radius 2 is 1.25 bits per heavy atom. The molecule has 2 aromatic carbocycles. The van der Waals surface area contributed by atoms with Gasteiger partial charge in [0.25, 0.3) is 0 Å². The molecule has 0 saturated carbocycles. The first kappa shape index (κ1) is 36.7. The summed E-state index contributed by atoms with van der Waals surface area (Å²) in [5.41, 5.74) is 8.57. The van der Waals surface area contributed by atoms with E-state index in [1.807, 2.05) is 26.0 Å². The molecule has 4 atom stereocenters. The van der Waals surface area contributed by atoms with E-state index in [0.29, 0.717) is 36.6 Å². The van der Waals surface area contributed by atoms with Crippen molar-refractivity contribution in [3.05, 3.63) is 48.5 Å². The van der Waals surface area contributed by atoms with Gasteiger partial charge in [0, 0.05) is 69.3 Å². The monoisotopic (exact) mass is 683 g/mol. The largest absolute Gasteiger partial charge is 0.494 e. The SMILES string of the molecule is CCOc1ccc(N2C[C@H]3CN(CCS(=O)(=O)CCN)C[C@@H]2C(C)(C)C3)cc1.CCOc1ccc(N2C[C@H]3CNC[C@@H]2C(C)(C)C3)cc1. The number of nitrogens with zero attached hydrogens (tertiary/aromatic N) is 3. The van der Waals surface area contributed by atoms with Crippen LogP contribution >= 0.6 is 0 Å². The van der Waals surface area contributed by atoms with E-state index in [1.165, 1.54) is 30.8 Å². The first-order chi connectivity index (χ1) is 22.8. The molecule has 0 radical (unpaired) electrons. The number of benzene rings is 2. The van der Waals surface area contributed by atoms with Crippen molar-refractivity contribution in [1.29, 1.82) is 0 Å². The molecular weight excluding hydrogens is 623 g/mol. The number of nitrogens with two attached hydrogens (primary N) is 1. The summed E-state index contributed by atoms with van der Waals surface area (Å²) in [5.74, 6) is 3.45. The van der Waals surface area contributed by atoms with E-state index in [1.54, 1.807) is 0 Å². The van der Waals surface area contributed by atoms with Gasteiger partial charge in [-0.25, -0.2) is 8.42 Å². The van der Waals surface area contributed by atoms with Crippen LogP contribution in [0.5, 0.6) is 11.5 Å². The number of anilines is 2. The van der Waals surface area contributed by atoms with Crippen LogP contribution in [-0.4, -0.2) is 102 Å². The van der Waals surface area contributed by atoms with E-state index in [9.17, 15) is 8.42 Å². The lowest BCUT2D eigenvalue weighted by molar-refractivity contribution is 0.191. The Kier molecular flexibility index (Phi) is 11.9. The highest BCUT2D eigenvalue weighted by Crippen LogP contribution is 2.44. The number of ether oxygens (including phenoxy) is 2. The Morgan fingerprint density at radius 3 is 1.81 bits per heavy atom. The fraction of sp³-hybridized carbons (Fsp3) is 0.684. The van der Waals surface area contributed by atoms with Gasteiger partial charge >= 0.3 is 0 Å². The summed E-state index contributed by atoms with van der Waals surface area (Å²) < 4.78 is 35.3. The van der Waals surface area contributed by atoms with Crippen LogP contribution in [0.1, 0.15) is 54.4 Å². The van der Waals surface area contributed by atoms with Gasteiger partial charge in [0.15, 0.2) is 9.84 Å². The van der Waals surface area contributed by atoms with Gasteiger partial charge in [-0.3, -0.25) is 4.90 Å². The third kappa shape index (κ3) is 8.97. The minimum atomic E-state index is -3.06. The molecule has 6 aliphatic heterocycles. The van der Waals surface area contributed by atoms with E-state index in [0.717, 1.165) is 56.7 Å². The Labute approximate surface area is 290 Å². The second-order valence-corrected chi connectivity index (χ2v) is 18.0. The standard InChI is InChI=1S/C21H35N3O3S.C17H26N2O/c1-4-27-19-7-5-18(6-8-19)24-15-17-13-21(2,3)20(24)16-23(14-17)10-12-28(25,26)11-9-22;1-4-20-15-7-5-14(6-8-15)19-12-13-9-17(2,3)16(19)11-18-10-13/h5-8,17,20H,4,9-16,22H2,1-3H3;5-8,13,16,18H,4,9-12H2,1-3H3/t17-,20-;13-,16-/m11/s1. The molecule has 268 valence electrons. The van der Waals surface area contributed by atoms with Crippen LogP contribution in [0.15, 0.2) is 48.5 Å². The molecule has 6 aliphatic rings. The van der Waals surface area contributed by atoms with Crippen molar-refractivity contribution < 1.29 is 17.9 Å². The minimum absolute atomic E-state index is 0.0808. The van der Waals surface area contributed by atoms with E-state index < -0.39 is 9.84 Å². The van der Waals surface area contributed by atoms with Crippen LogP contribution in [0.2, 0.25) is 0 Å². The number of hydrogen-bond acceptors (Lipinski definition) is 9. The summed E-state index contributed by atoms with van der Waals surface area (Å²) in [6.45, 7) is 22.1. The molecule has 6 saturated heterocycles. The van der Waals surface area contributed by atoms with E-state index >= 15 is 0 Å². The predicted molar refractivity (Wildman–Crippen MR) is 198 cm³/mol. The van der Waals surface area contributed by atoms with E-state index in [2.05, 4.69) is 84.1 Å². The zero-order chi connectivity index (χ0) is 34.5. The van der Waals surface area contributed by atoms with Gasteiger partial charge in [-0.15, -0.1) is 0 Å². The molecule has 10 heteroatoms. The van der Waals surface area contributed by atoms with Crippen LogP contribution in [0.4, 0.5) is 11.4 Å². The van der Waals surface area contributed by atoms with Crippen molar-refractivity contribution in [3.63, 3.8) is 0 Å². The predicted octanol–water partition coefficient (Wildman–Crippen LogP) is 4.91. The Balaban J connectivity index is 0.000000198. The van der Waals surface area contributed by atoms with Crippen LogP contribution in [0.25, 0.3) is 0 Å². The lowest BCUT2D eigenvalue weighted by Gasteiger charge is -2.48. The highest BCUT2D eigenvalue weighted by molar-refractivity contribution is 7.91. The van der Waals surface area contributed by atoms with Gasteiger partial charge in [-0.1, -0.05) is 27.7 Å². The second-order valence-electron chi connectivity index (χ2n) is 15.7. The molecular formula is C38H61N5O4S. The van der Waals surface area contributed by atoms with Gasteiger partial charge in [-0.2, -0.15) is 0 Å². The van der Waals surface area contributed by atoms with Gasteiger partial charge in [0.2, 0.25) is 0 Å². The molecule has 6 fully saturated rings. The zero-order valence-electron chi connectivity index (χ0n) is 30.3. The number of rotatable bonds is 11. The third-order valence-electron chi connectivity index (χ3n) is 10.9. The average Bonchev–Trinajstić information content (AvgIpc) is 3.47. The lowest BCUT2D eigenvalue weighted by Crippen LogP contribution is -2.54. The van der Waals surface area contributed by atoms with Crippen molar-refractivity contribution in [2.24, 2.45) is 28.4 Å². The Hall–Kier alpha value is -2.53. The zero-order valence-corrected chi connectivity index (χ0v) is 31.1. The lowest BCUT2D eigenvalue weighted by atomic mass is 9.73. The molecule has 48 heavy (non-hydrogen) atoms. The number of hydrogen-bond donors (Lipinski definition) is 2. The molecule has 6 heterocycles. The first-order valence-electron chi connectivity index (χ1n) is 18.2. The number of nitrogens with one attached hydrogen (secondary N) is 1. The molecule has 3 N–H and O–H groups in total. The maximum absolute atomic E-state index is 12.1. The van der Waals surface area contributed by atoms with Crippen LogP contribution < -0.4 is 30.3 Å². The molecule has 8 rings (SSSR count). The molecule has 4 bridgehead atoms. The summed E-state index contributed by atoms with van der Waals surface area (Å²) >= 11 is 0. The third-order valence-corrected chi connectivity index (χ3v) is 12.6. The van der Waals surface area contributed by atoms with Crippen molar-refractivity contribution in [3.8, 4) is 11.5 Å². The summed E-state index contributed by atoms with van der Waals surface area (Å²) in [4.78, 5) is 7.48. The minimum Gasteiger partial charge on any atom is -0.494 e. The fourth-order valence-electron chi connectivity index (χ4n) is 8.75. The van der Waals surface area contributed by atoms with Gasteiger partial charge in [0.05, 0.1) is 24.7 Å². The summed E-state index contributed by atoms with van der Waals surface area (Å²) in [7, 11) is -3.06. The highest BCUT2D eigenvalue weighted by atomic mass is 32.2. The topological polar surface area (TPSA) is 100 Å². The van der Waals surface area contributed by atoms with Crippen molar-refractivity contribution in [1.82, 2.24) is 10.2 Å². The number of fused-ring (bicyclic) bond motifs is 8. The maximum Gasteiger partial charge on any atom is 0.152 e. The molecule has 0 amide bonds. The van der Waals surface area contributed by atoms with Gasteiger partial charge < -0.3 is 30.3 Å². The van der Waals surface area contributed by atoms with Gasteiger partial charge in [0.1, 0.15) is 11.5 Å². The summed E-state index contributed by atoms with van der Waals surface area (Å²) in [6, 6.07) is 17.9. The van der Waals surface area contributed by atoms with Crippen LogP contribution in [0, 0.1) is 22.7 Å². The smallest absolute Gasteiger partial charge is 0.152 e. The van der Waals surface area contributed by atoms with Crippen molar-refractivity contribution in [2.75, 3.05) is 86.9 Å². The summed E-state index contributed by atoms with van der Waals surface area (Å²) in [5, 5.41) is 3.63. The summed E-state index contributed by atoms with van der Waals surface area (Å²) in [6.07, 6.45) is 2.51. The quantitative estimate of drug-likeness (QED) is 0.343. The highest BCUT2D eigenvalue weighted by Gasteiger charge is 2.46. The van der Waals surface area contributed by atoms with E-state index in [4.69, 9.17) is 15.2 Å². The normalized spacial score (nSPS) is 26.3. The average molecular weight is 684 g/mol. The van der Waals surface area contributed by atoms with Crippen LogP contribution in [-0.2, 0) is 9.84 Å². The Morgan fingerprint density at radius 1 is 0.729 bits per heavy atom. The maximum atomic E-state index is 12.1. The molecule has 0 spiro atoms. The molecule has 9 nitrogen and oxygen atoms in total.